The Labute approximate surface area is 139 Å². The molecular weight excluding hydrogens is 288 g/mol. The van der Waals surface area contributed by atoms with Crippen molar-refractivity contribution in [3.63, 3.8) is 0 Å². The van der Waals surface area contributed by atoms with Crippen LogP contribution in [-0.2, 0) is 4.79 Å². The number of nitrogens with zero attached hydrogens (tertiary/aromatic N) is 2. The van der Waals surface area contributed by atoms with Gasteiger partial charge < -0.3 is 10.6 Å². The summed E-state index contributed by atoms with van der Waals surface area (Å²) in [7, 11) is 2.09. The fourth-order valence-electron chi connectivity index (χ4n) is 3.14. The number of likely N-dealkylation sites (N-methyl/N-ethyl adjacent to an activating group) is 1. The maximum Gasteiger partial charge on any atom is 0.237 e. The van der Waals surface area contributed by atoms with Crippen molar-refractivity contribution in [3.8, 4) is 0 Å². The van der Waals surface area contributed by atoms with E-state index >= 15 is 0 Å². The second-order valence-electron chi connectivity index (χ2n) is 6.45. The Kier molecular flexibility index (Phi) is 7.33. The van der Waals surface area contributed by atoms with E-state index in [9.17, 15) is 4.79 Å². The van der Waals surface area contributed by atoms with Crippen LogP contribution in [0.15, 0.2) is 24.5 Å². The number of pyridine rings is 1. The van der Waals surface area contributed by atoms with E-state index in [2.05, 4.69) is 27.6 Å². The second-order valence-corrected chi connectivity index (χ2v) is 6.45. The van der Waals surface area contributed by atoms with Gasteiger partial charge in [-0.05, 0) is 45.4 Å². The van der Waals surface area contributed by atoms with Gasteiger partial charge in [0.2, 0.25) is 5.91 Å². The molecule has 0 spiro atoms. The van der Waals surface area contributed by atoms with Crippen LogP contribution in [0.25, 0.3) is 0 Å². The maximum absolute atomic E-state index is 12.3. The molecule has 2 N–H and O–H groups in total. The van der Waals surface area contributed by atoms with Gasteiger partial charge in [0.25, 0.3) is 0 Å². The first-order valence-corrected chi connectivity index (χ1v) is 8.82. The lowest BCUT2D eigenvalue weighted by molar-refractivity contribution is -0.126. The number of carbonyl (C=O) groups excluding carboxylic acids is 1. The smallest absolute Gasteiger partial charge is 0.237 e. The highest BCUT2D eigenvalue weighted by Gasteiger charge is 2.25. The van der Waals surface area contributed by atoms with Crippen molar-refractivity contribution >= 4 is 11.6 Å². The number of aromatic nitrogens is 1. The van der Waals surface area contributed by atoms with Crippen molar-refractivity contribution in [2.24, 2.45) is 0 Å². The molecule has 0 bridgehead atoms. The molecule has 1 saturated carbocycles. The van der Waals surface area contributed by atoms with E-state index < -0.39 is 0 Å². The van der Waals surface area contributed by atoms with Gasteiger partial charge in [0.15, 0.2) is 0 Å². The van der Waals surface area contributed by atoms with Gasteiger partial charge in [-0.2, -0.15) is 0 Å². The first-order chi connectivity index (χ1) is 11.2. The van der Waals surface area contributed by atoms with Crippen LogP contribution in [0.3, 0.4) is 0 Å². The molecule has 5 nitrogen and oxygen atoms in total. The van der Waals surface area contributed by atoms with Gasteiger partial charge in [0.05, 0.1) is 11.7 Å². The zero-order valence-electron chi connectivity index (χ0n) is 14.4. The molecular formula is C18H30N4O. The second kappa shape index (κ2) is 9.50. The Morgan fingerprint density at radius 2 is 2.13 bits per heavy atom. The monoisotopic (exact) mass is 318 g/mol. The molecule has 5 heteroatoms. The number of anilines is 1. The predicted molar refractivity (Wildman–Crippen MR) is 94.5 cm³/mol. The fourth-order valence-corrected chi connectivity index (χ4v) is 3.14. The summed E-state index contributed by atoms with van der Waals surface area (Å²) in [6, 6.07) is 4.42. The van der Waals surface area contributed by atoms with Crippen molar-refractivity contribution in [2.45, 2.75) is 57.5 Å². The molecule has 1 fully saturated rings. The average Bonchev–Trinajstić information content (AvgIpc) is 2.61. The molecule has 1 aromatic rings. The topological polar surface area (TPSA) is 57.3 Å². The molecule has 0 aromatic carbocycles. The van der Waals surface area contributed by atoms with Crippen molar-refractivity contribution in [3.05, 3.63) is 24.5 Å². The predicted octanol–water partition coefficient (Wildman–Crippen LogP) is 2.65. The molecule has 1 atom stereocenters. The van der Waals surface area contributed by atoms with Crippen molar-refractivity contribution in [2.75, 3.05) is 25.5 Å². The molecule has 1 heterocycles. The summed E-state index contributed by atoms with van der Waals surface area (Å²) in [5.74, 6) is 0.138. The lowest BCUT2D eigenvalue weighted by Gasteiger charge is -2.34. The van der Waals surface area contributed by atoms with Crippen molar-refractivity contribution < 1.29 is 4.79 Å². The molecule has 1 unspecified atom stereocenters. The molecule has 0 saturated heterocycles. The Hall–Kier alpha value is -1.62. The highest BCUT2D eigenvalue weighted by Crippen LogP contribution is 2.22. The van der Waals surface area contributed by atoms with Gasteiger partial charge in [-0.3, -0.25) is 14.7 Å². The minimum atomic E-state index is -0.0515. The summed E-state index contributed by atoms with van der Waals surface area (Å²) < 4.78 is 0. The molecule has 23 heavy (non-hydrogen) atoms. The van der Waals surface area contributed by atoms with Crippen LogP contribution in [0.5, 0.6) is 0 Å². The van der Waals surface area contributed by atoms with Gasteiger partial charge in [0.1, 0.15) is 0 Å². The van der Waals surface area contributed by atoms with Crippen LogP contribution in [-0.4, -0.2) is 48.0 Å². The largest absolute Gasteiger partial charge is 0.384 e. The van der Waals surface area contributed by atoms with Crippen LogP contribution < -0.4 is 10.6 Å². The third-order valence-electron chi connectivity index (χ3n) is 4.78. The van der Waals surface area contributed by atoms with Crippen molar-refractivity contribution in [1.82, 2.24) is 15.2 Å². The minimum Gasteiger partial charge on any atom is -0.384 e. The van der Waals surface area contributed by atoms with Crippen molar-refractivity contribution in [1.29, 1.82) is 0 Å². The van der Waals surface area contributed by atoms with E-state index in [0.717, 1.165) is 18.7 Å². The Bertz CT molecular complexity index is 459. The first-order valence-electron chi connectivity index (χ1n) is 8.82. The summed E-state index contributed by atoms with van der Waals surface area (Å²) in [5, 5.41) is 6.35. The van der Waals surface area contributed by atoms with Crippen LogP contribution in [0.1, 0.15) is 45.4 Å². The number of hydrogen-bond acceptors (Lipinski definition) is 4. The first kappa shape index (κ1) is 17.7. The van der Waals surface area contributed by atoms with Crippen LogP contribution in [0.4, 0.5) is 5.69 Å². The Balaban J connectivity index is 1.61. The third-order valence-corrected chi connectivity index (χ3v) is 4.78. The molecule has 2 rings (SSSR count). The Morgan fingerprint density at radius 1 is 1.35 bits per heavy atom. The zero-order valence-corrected chi connectivity index (χ0v) is 14.4. The quantitative estimate of drug-likeness (QED) is 0.724. The lowest BCUT2D eigenvalue weighted by Crippen LogP contribution is -2.48. The molecule has 1 aromatic heterocycles. The van der Waals surface area contributed by atoms with E-state index in [1.165, 1.54) is 32.1 Å². The molecule has 0 aliphatic heterocycles. The minimum absolute atomic E-state index is 0.0515. The summed E-state index contributed by atoms with van der Waals surface area (Å²) in [6.07, 6.45) is 10.9. The summed E-state index contributed by atoms with van der Waals surface area (Å²) in [4.78, 5) is 18.6. The lowest BCUT2D eigenvalue weighted by atomic mass is 9.93. The van der Waals surface area contributed by atoms with E-state index in [4.69, 9.17) is 0 Å². The number of nitrogens with one attached hydrogen (secondary N) is 2. The van der Waals surface area contributed by atoms with Gasteiger partial charge in [-0.15, -0.1) is 0 Å². The fraction of sp³-hybridized carbons (Fsp3) is 0.667. The highest BCUT2D eigenvalue weighted by molar-refractivity contribution is 5.81. The molecule has 1 amide bonds. The van der Waals surface area contributed by atoms with Gasteiger partial charge in [-0.1, -0.05) is 19.3 Å². The zero-order chi connectivity index (χ0) is 16.5. The number of amides is 1. The Morgan fingerprint density at radius 3 is 2.83 bits per heavy atom. The van der Waals surface area contributed by atoms with Crippen LogP contribution in [0.2, 0.25) is 0 Å². The van der Waals surface area contributed by atoms with E-state index in [-0.39, 0.29) is 11.9 Å². The average molecular weight is 318 g/mol. The number of hydrogen-bond donors (Lipinski definition) is 2. The third kappa shape index (κ3) is 5.82. The molecule has 128 valence electrons. The normalized spacial score (nSPS) is 17.0. The molecule has 0 radical (unpaired) electrons. The standard InChI is InChI=1S/C18H30N4O/c1-15(22(2)17-9-4-3-5-10-17)18(23)21-13-7-12-20-16-8-6-11-19-14-16/h6,8,11,14-15,17,20H,3-5,7,9-10,12-13H2,1-2H3,(H,21,23). The molecule has 1 aliphatic carbocycles. The van der Waals surface area contributed by atoms with E-state index in [0.29, 0.717) is 12.6 Å². The van der Waals surface area contributed by atoms with Crippen LogP contribution in [0, 0.1) is 0 Å². The van der Waals surface area contributed by atoms with Gasteiger partial charge >= 0.3 is 0 Å². The summed E-state index contributed by atoms with van der Waals surface area (Å²) in [5.41, 5.74) is 1.02. The SMILES string of the molecule is CC(C(=O)NCCCNc1cccnc1)N(C)C1CCCCC1. The maximum atomic E-state index is 12.3. The summed E-state index contributed by atoms with van der Waals surface area (Å²) in [6.45, 7) is 3.55. The highest BCUT2D eigenvalue weighted by atomic mass is 16.2. The number of carbonyl (C=O) groups is 1. The van der Waals surface area contributed by atoms with Gasteiger partial charge in [0, 0.05) is 31.5 Å². The number of rotatable bonds is 8. The van der Waals surface area contributed by atoms with Crippen LogP contribution >= 0.6 is 0 Å². The van der Waals surface area contributed by atoms with Gasteiger partial charge in [-0.25, -0.2) is 0 Å². The van der Waals surface area contributed by atoms with E-state index in [1.54, 1.807) is 12.4 Å². The molecule has 1 aliphatic rings. The summed E-state index contributed by atoms with van der Waals surface area (Å²) >= 11 is 0. The van der Waals surface area contributed by atoms with E-state index in [1.807, 2.05) is 19.1 Å².